The lowest BCUT2D eigenvalue weighted by atomic mass is 10.1. The lowest BCUT2D eigenvalue weighted by Crippen LogP contribution is -2.35. The number of ether oxygens (including phenoxy) is 2. The standard InChI is InChI=1S/C17H26BrNO4/c1-4-22-17(21)8-6-13-5-7-16(15(18)9-13)23-11-14(20)10-19-12(2)3/h5,7,9,12,14,19-20H,4,6,8,10-11H2,1-3H3. The van der Waals surface area contributed by atoms with Gasteiger partial charge in [0.15, 0.2) is 0 Å². The summed E-state index contributed by atoms with van der Waals surface area (Å²) < 4.78 is 11.3. The minimum Gasteiger partial charge on any atom is -0.490 e. The molecule has 6 heteroatoms. The summed E-state index contributed by atoms with van der Waals surface area (Å²) in [5.74, 6) is 0.484. The molecular formula is C17H26BrNO4. The van der Waals surface area contributed by atoms with Crippen molar-refractivity contribution in [2.24, 2.45) is 0 Å². The number of esters is 1. The second-order valence-corrected chi connectivity index (χ2v) is 6.45. The highest BCUT2D eigenvalue weighted by Crippen LogP contribution is 2.26. The first kappa shape index (κ1) is 19.9. The van der Waals surface area contributed by atoms with Crippen LogP contribution >= 0.6 is 15.9 Å². The maximum Gasteiger partial charge on any atom is 0.306 e. The Balaban J connectivity index is 2.45. The number of hydrogen-bond donors (Lipinski definition) is 2. The maximum atomic E-state index is 11.4. The molecule has 2 N–H and O–H groups in total. The van der Waals surface area contributed by atoms with Crippen molar-refractivity contribution < 1.29 is 19.4 Å². The van der Waals surface area contributed by atoms with Crippen molar-refractivity contribution in [1.29, 1.82) is 0 Å². The van der Waals surface area contributed by atoms with Crippen LogP contribution in [-0.2, 0) is 16.0 Å². The third kappa shape index (κ3) is 8.34. The molecule has 0 spiro atoms. The molecule has 0 amide bonds. The highest BCUT2D eigenvalue weighted by Gasteiger charge is 2.09. The molecule has 0 fully saturated rings. The van der Waals surface area contributed by atoms with Crippen LogP contribution in [0.4, 0.5) is 0 Å². The summed E-state index contributed by atoms with van der Waals surface area (Å²) >= 11 is 3.46. The van der Waals surface area contributed by atoms with Crippen molar-refractivity contribution in [3.63, 3.8) is 0 Å². The fourth-order valence-electron chi connectivity index (χ4n) is 1.91. The number of nitrogens with one attached hydrogen (secondary N) is 1. The topological polar surface area (TPSA) is 67.8 Å². The van der Waals surface area contributed by atoms with Gasteiger partial charge in [-0.3, -0.25) is 4.79 Å². The van der Waals surface area contributed by atoms with E-state index in [1.807, 2.05) is 32.0 Å². The normalized spacial score (nSPS) is 12.3. The van der Waals surface area contributed by atoms with Crippen molar-refractivity contribution in [3.8, 4) is 5.75 Å². The van der Waals surface area contributed by atoms with E-state index in [0.29, 0.717) is 37.8 Å². The molecule has 0 radical (unpaired) electrons. The number of aliphatic hydroxyl groups excluding tert-OH is 1. The highest BCUT2D eigenvalue weighted by atomic mass is 79.9. The molecule has 0 bridgehead atoms. The quantitative estimate of drug-likeness (QED) is 0.604. The third-order valence-corrected chi connectivity index (χ3v) is 3.73. The first-order chi connectivity index (χ1) is 10.9. The van der Waals surface area contributed by atoms with E-state index in [1.165, 1.54) is 0 Å². The molecule has 0 aliphatic carbocycles. The summed E-state index contributed by atoms with van der Waals surface area (Å²) in [6, 6.07) is 6.01. The van der Waals surface area contributed by atoms with Gasteiger partial charge >= 0.3 is 5.97 Å². The Hall–Kier alpha value is -1.11. The maximum absolute atomic E-state index is 11.4. The number of halogens is 1. The van der Waals surface area contributed by atoms with Gasteiger partial charge in [0.25, 0.3) is 0 Å². The average molecular weight is 388 g/mol. The number of aliphatic hydroxyl groups is 1. The number of benzene rings is 1. The number of carbonyl (C=O) groups is 1. The van der Waals surface area contributed by atoms with Crippen LogP contribution in [0.5, 0.6) is 5.75 Å². The first-order valence-electron chi connectivity index (χ1n) is 7.90. The molecule has 1 aromatic carbocycles. The first-order valence-corrected chi connectivity index (χ1v) is 8.70. The highest BCUT2D eigenvalue weighted by molar-refractivity contribution is 9.10. The monoisotopic (exact) mass is 387 g/mol. The molecule has 0 aliphatic heterocycles. The van der Waals surface area contributed by atoms with Gasteiger partial charge in [0.05, 0.1) is 11.1 Å². The Morgan fingerprint density at radius 3 is 2.74 bits per heavy atom. The lowest BCUT2D eigenvalue weighted by Gasteiger charge is -2.16. The van der Waals surface area contributed by atoms with Gasteiger partial charge in [-0.1, -0.05) is 19.9 Å². The second kappa shape index (κ2) is 10.6. The fourth-order valence-corrected chi connectivity index (χ4v) is 2.45. The van der Waals surface area contributed by atoms with Crippen LogP contribution in [0.15, 0.2) is 22.7 Å². The van der Waals surface area contributed by atoms with Crippen LogP contribution < -0.4 is 10.1 Å². The van der Waals surface area contributed by atoms with Crippen molar-refractivity contribution in [1.82, 2.24) is 5.32 Å². The Bertz CT molecular complexity index is 493. The zero-order chi connectivity index (χ0) is 17.2. The molecule has 1 unspecified atom stereocenters. The average Bonchev–Trinajstić information content (AvgIpc) is 2.50. The number of hydrogen-bond acceptors (Lipinski definition) is 5. The van der Waals surface area contributed by atoms with Crippen molar-refractivity contribution in [3.05, 3.63) is 28.2 Å². The smallest absolute Gasteiger partial charge is 0.306 e. The van der Waals surface area contributed by atoms with Gasteiger partial charge in [-0.25, -0.2) is 0 Å². The van der Waals surface area contributed by atoms with Gasteiger partial charge in [0.2, 0.25) is 0 Å². The van der Waals surface area contributed by atoms with Crippen LogP contribution in [0.3, 0.4) is 0 Å². The Kier molecular flexibility index (Phi) is 9.21. The third-order valence-electron chi connectivity index (χ3n) is 3.11. The van der Waals surface area contributed by atoms with E-state index in [-0.39, 0.29) is 12.6 Å². The predicted octanol–water partition coefficient (Wildman–Crippen LogP) is 2.68. The Morgan fingerprint density at radius 1 is 1.39 bits per heavy atom. The Labute approximate surface area is 146 Å². The molecule has 0 saturated carbocycles. The fraction of sp³-hybridized carbons (Fsp3) is 0.588. The van der Waals surface area contributed by atoms with Crippen molar-refractivity contribution >= 4 is 21.9 Å². The predicted molar refractivity (Wildman–Crippen MR) is 93.7 cm³/mol. The Morgan fingerprint density at radius 2 is 2.13 bits per heavy atom. The lowest BCUT2D eigenvalue weighted by molar-refractivity contribution is -0.143. The number of carbonyl (C=O) groups excluding carboxylic acids is 1. The van der Waals surface area contributed by atoms with E-state index < -0.39 is 6.10 Å². The zero-order valence-corrected chi connectivity index (χ0v) is 15.6. The van der Waals surface area contributed by atoms with Gasteiger partial charge < -0.3 is 19.9 Å². The molecule has 0 saturated heterocycles. The molecule has 0 heterocycles. The minimum atomic E-state index is -0.562. The van der Waals surface area contributed by atoms with Crippen LogP contribution in [0.1, 0.15) is 32.8 Å². The number of aryl methyl sites for hydroxylation is 1. The summed E-state index contributed by atoms with van der Waals surface area (Å²) in [5.41, 5.74) is 1.03. The molecule has 5 nitrogen and oxygen atoms in total. The second-order valence-electron chi connectivity index (χ2n) is 5.60. The van der Waals surface area contributed by atoms with Crippen LogP contribution in [0.25, 0.3) is 0 Å². The van der Waals surface area contributed by atoms with Crippen LogP contribution in [0.2, 0.25) is 0 Å². The van der Waals surface area contributed by atoms with Crippen LogP contribution in [-0.4, -0.2) is 43.0 Å². The summed E-state index contributed by atoms with van der Waals surface area (Å²) in [6.45, 7) is 6.97. The van der Waals surface area contributed by atoms with Crippen LogP contribution in [0, 0.1) is 0 Å². The summed E-state index contributed by atoms with van der Waals surface area (Å²) in [6.07, 6.45) is 0.423. The van der Waals surface area contributed by atoms with Gasteiger partial charge in [0.1, 0.15) is 18.5 Å². The van der Waals surface area contributed by atoms with E-state index >= 15 is 0 Å². The summed E-state index contributed by atoms with van der Waals surface area (Å²) in [4.78, 5) is 11.4. The largest absolute Gasteiger partial charge is 0.490 e. The summed E-state index contributed by atoms with van der Waals surface area (Å²) in [5, 5.41) is 13.0. The molecule has 1 rings (SSSR count). The van der Waals surface area contributed by atoms with E-state index in [4.69, 9.17) is 9.47 Å². The van der Waals surface area contributed by atoms with Gasteiger partial charge in [-0.15, -0.1) is 0 Å². The van der Waals surface area contributed by atoms with Crippen molar-refractivity contribution in [2.45, 2.75) is 45.8 Å². The van der Waals surface area contributed by atoms with E-state index in [1.54, 1.807) is 6.92 Å². The van der Waals surface area contributed by atoms with E-state index in [2.05, 4.69) is 21.2 Å². The molecule has 0 aliphatic rings. The molecular weight excluding hydrogens is 362 g/mol. The zero-order valence-electron chi connectivity index (χ0n) is 14.0. The minimum absolute atomic E-state index is 0.190. The summed E-state index contributed by atoms with van der Waals surface area (Å²) in [7, 11) is 0. The van der Waals surface area contributed by atoms with Gasteiger partial charge in [-0.05, 0) is 47.0 Å². The molecule has 1 atom stereocenters. The molecule has 130 valence electrons. The molecule has 0 aromatic heterocycles. The van der Waals surface area contributed by atoms with E-state index in [9.17, 15) is 9.90 Å². The van der Waals surface area contributed by atoms with Crippen molar-refractivity contribution in [2.75, 3.05) is 19.8 Å². The SMILES string of the molecule is CCOC(=O)CCc1ccc(OCC(O)CNC(C)C)c(Br)c1. The van der Waals surface area contributed by atoms with Gasteiger partial charge in [-0.2, -0.15) is 0 Å². The molecule has 23 heavy (non-hydrogen) atoms. The van der Waals surface area contributed by atoms with E-state index in [0.717, 1.165) is 10.0 Å². The number of rotatable bonds is 10. The molecule has 1 aromatic rings. The van der Waals surface area contributed by atoms with Gasteiger partial charge in [0, 0.05) is 19.0 Å².